The molecule has 1 unspecified atom stereocenters. The van der Waals surface area contributed by atoms with E-state index >= 15 is 0 Å². The molecule has 5 rings (SSSR count). The van der Waals surface area contributed by atoms with Crippen molar-refractivity contribution in [2.24, 2.45) is 0 Å². The third kappa shape index (κ3) is 6.84. The van der Waals surface area contributed by atoms with Gasteiger partial charge in [0.1, 0.15) is 12.4 Å². The highest BCUT2D eigenvalue weighted by atomic mass is 32.2. The second-order valence-corrected chi connectivity index (χ2v) is 10.3. The van der Waals surface area contributed by atoms with Crippen molar-refractivity contribution in [2.45, 2.75) is 51.7 Å². The van der Waals surface area contributed by atoms with Crippen molar-refractivity contribution in [3.63, 3.8) is 0 Å². The number of fused-ring (bicyclic) bond motifs is 1. The average molecular weight is 524 g/mol. The number of carbonyl (C=O) groups excluding carboxylic acids is 1. The van der Waals surface area contributed by atoms with Gasteiger partial charge in [0.2, 0.25) is 5.91 Å². The van der Waals surface area contributed by atoms with Gasteiger partial charge in [-0.1, -0.05) is 30.3 Å². The lowest BCUT2D eigenvalue weighted by Gasteiger charge is -2.16. The van der Waals surface area contributed by atoms with Crippen molar-refractivity contribution in [1.82, 2.24) is 4.72 Å². The molecule has 3 aromatic rings. The third-order valence-electron chi connectivity index (χ3n) is 6.65. The van der Waals surface area contributed by atoms with Crippen molar-refractivity contribution in [3.8, 4) is 22.6 Å². The Kier molecular flexibility index (Phi) is 9.47. The first-order valence-corrected chi connectivity index (χ1v) is 13.6. The van der Waals surface area contributed by atoms with Gasteiger partial charge < -0.3 is 9.47 Å². The van der Waals surface area contributed by atoms with Gasteiger partial charge in [-0.15, -0.1) is 0 Å². The lowest BCUT2D eigenvalue weighted by molar-refractivity contribution is -0.118. The van der Waals surface area contributed by atoms with Gasteiger partial charge in [-0.2, -0.15) is 0 Å². The summed E-state index contributed by atoms with van der Waals surface area (Å²) in [7, 11) is 0. The number of hydrogen-bond donors (Lipinski definition) is 1. The molecule has 0 radical (unpaired) electrons. The van der Waals surface area contributed by atoms with Gasteiger partial charge in [0.05, 0.1) is 11.9 Å². The largest absolute Gasteiger partial charge is 0.491 e. The fourth-order valence-electron chi connectivity index (χ4n) is 4.96. The number of halogens is 1. The first-order chi connectivity index (χ1) is 18.0. The first-order valence-electron chi connectivity index (χ1n) is 12.8. The highest BCUT2D eigenvalue weighted by molar-refractivity contribution is 7.98. The van der Waals surface area contributed by atoms with E-state index in [1.165, 1.54) is 59.0 Å². The second kappa shape index (κ2) is 13.0. The zero-order chi connectivity index (χ0) is 26.2. The molecule has 0 saturated carbocycles. The number of benzene rings is 3. The minimum Gasteiger partial charge on any atom is -0.491 e. The predicted molar refractivity (Wildman–Crippen MR) is 147 cm³/mol. The van der Waals surface area contributed by atoms with Gasteiger partial charge in [-0.3, -0.25) is 14.5 Å². The number of hydrogen-bond acceptors (Lipinski definition) is 5. The summed E-state index contributed by atoms with van der Waals surface area (Å²) in [5.41, 5.74) is 9.43. The zero-order valence-electron chi connectivity index (χ0n) is 21.6. The summed E-state index contributed by atoms with van der Waals surface area (Å²) in [6.45, 7) is 8.36. The van der Waals surface area contributed by atoms with Crippen LogP contribution in [0.4, 0.5) is 4.53 Å². The van der Waals surface area contributed by atoms with Crippen molar-refractivity contribution in [2.75, 3.05) is 19.8 Å². The van der Waals surface area contributed by atoms with Crippen LogP contribution in [0.25, 0.3) is 11.1 Å². The molecule has 2 aliphatic rings. The Morgan fingerprint density at radius 3 is 2.41 bits per heavy atom. The predicted octanol–water partition coefficient (Wildman–Crippen LogP) is 7.03. The maximum Gasteiger partial charge on any atom is 0.231 e. The van der Waals surface area contributed by atoms with E-state index in [9.17, 15) is 9.32 Å². The van der Waals surface area contributed by atoms with Gasteiger partial charge in [0.25, 0.3) is 0 Å². The topological polar surface area (TPSA) is 56.8 Å². The molecule has 196 valence electrons. The average Bonchev–Trinajstić information content (AvgIpc) is 3.56. The highest BCUT2D eigenvalue weighted by Crippen LogP contribution is 2.38. The number of amides is 1. The van der Waals surface area contributed by atoms with Gasteiger partial charge in [0.15, 0.2) is 5.75 Å². The van der Waals surface area contributed by atoms with E-state index in [-0.39, 0.29) is 16.9 Å². The maximum absolute atomic E-state index is 11.7. The Morgan fingerprint density at radius 1 is 1.00 bits per heavy atom. The molecule has 1 atom stereocenters. The van der Waals surface area contributed by atoms with Crippen LogP contribution in [-0.2, 0) is 22.4 Å². The molecule has 0 bridgehead atoms. The van der Waals surface area contributed by atoms with Gasteiger partial charge in [0, 0.05) is 17.6 Å². The van der Waals surface area contributed by atoms with Crippen molar-refractivity contribution in [1.29, 1.82) is 0 Å². The monoisotopic (exact) mass is 523 g/mol. The van der Waals surface area contributed by atoms with E-state index in [0.29, 0.717) is 19.6 Å². The summed E-state index contributed by atoms with van der Waals surface area (Å²) in [6.07, 6.45) is 4.18. The van der Waals surface area contributed by atoms with Crippen molar-refractivity contribution in [3.05, 3.63) is 82.4 Å². The molecular formula is C30H34FNO4S. The van der Waals surface area contributed by atoms with Crippen molar-refractivity contribution >= 4 is 17.9 Å². The summed E-state index contributed by atoms with van der Waals surface area (Å²) < 4.78 is 25.6. The molecule has 1 N–H and O–H groups in total. The van der Waals surface area contributed by atoms with E-state index in [2.05, 4.69) is 53.8 Å². The number of aryl methyl sites for hydroxylation is 3. The molecule has 0 aromatic heterocycles. The molecule has 1 heterocycles. The molecule has 1 fully saturated rings. The Morgan fingerprint density at radius 2 is 1.76 bits per heavy atom. The van der Waals surface area contributed by atoms with E-state index in [0.717, 1.165) is 17.9 Å². The molecular weight excluding hydrogens is 489 g/mol. The fourth-order valence-corrected chi connectivity index (χ4v) is 5.84. The minimum absolute atomic E-state index is 0.0332. The number of ether oxygens (including phenoxy) is 2. The van der Waals surface area contributed by atoms with Crippen molar-refractivity contribution < 1.29 is 23.7 Å². The summed E-state index contributed by atoms with van der Waals surface area (Å²) in [6, 6.07) is 17.7. The van der Waals surface area contributed by atoms with Crippen LogP contribution in [0, 0.1) is 13.8 Å². The van der Waals surface area contributed by atoms with Crippen LogP contribution in [0.15, 0.2) is 54.6 Å². The van der Waals surface area contributed by atoms with Crippen LogP contribution in [-0.4, -0.2) is 25.7 Å². The lowest BCUT2D eigenvalue weighted by atomic mass is 9.90. The van der Waals surface area contributed by atoms with Gasteiger partial charge in [-0.05, 0) is 115 Å². The van der Waals surface area contributed by atoms with Gasteiger partial charge in [-0.25, -0.2) is 0 Å². The van der Waals surface area contributed by atoms with E-state index in [1.807, 2.05) is 6.92 Å². The molecule has 1 aliphatic carbocycles. The SMILES string of the molecule is CCOCCOc1cc(C)c(-c2cccc3c2CCC3)c(C)c1.O=C1CC(c2ccc(OF)cc2)SN1. The Balaban J connectivity index is 0.000000195. The van der Waals surface area contributed by atoms with Crippen LogP contribution >= 0.6 is 11.9 Å². The summed E-state index contributed by atoms with van der Waals surface area (Å²) in [4.78, 5) is 14.5. The van der Waals surface area contributed by atoms with E-state index < -0.39 is 0 Å². The molecule has 7 heteroatoms. The quantitative estimate of drug-likeness (QED) is 0.254. The molecule has 5 nitrogen and oxygen atoms in total. The number of rotatable bonds is 8. The molecule has 0 spiro atoms. The Bertz CT molecular complexity index is 1190. The normalized spacial score (nSPS) is 16.0. The fraction of sp³-hybridized carbons (Fsp3) is 0.367. The standard InChI is InChI=1S/C21H26O2.C9H8FNO2S/c1-4-22-11-12-23-18-13-15(2)21(16(3)14-18)20-10-6-8-17-7-5-9-19(17)20;10-13-7-3-1-6(2-4-7)8-5-9(12)11-14-8/h6,8,10,13-14H,4-5,7,9,11-12H2,1-3H3;1-4,8H,5H2,(H,11,12). The molecule has 1 saturated heterocycles. The zero-order valence-corrected chi connectivity index (χ0v) is 22.5. The van der Waals surface area contributed by atoms with Crippen LogP contribution in [0.3, 0.4) is 0 Å². The second-order valence-electron chi connectivity index (χ2n) is 9.26. The van der Waals surface area contributed by atoms with Crippen LogP contribution < -0.4 is 14.4 Å². The van der Waals surface area contributed by atoms with Crippen LogP contribution in [0.2, 0.25) is 0 Å². The van der Waals surface area contributed by atoms with E-state index in [1.54, 1.807) is 29.8 Å². The highest BCUT2D eigenvalue weighted by Gasteiger charge is 2.24. The summed E-state index contributed by atoms with van der Waals surface area (Å²) in [5.74, 6) is 1.15. The minimum atomic E-state index is 0.0332. The molecule has 1 amide bonds. The van der Waals surface area contributed by atoms with Gasteiger partial charge >= 0.3 is 0 Å². The molecule has 3 aromatic carbocycles. The van der Waals surface area contributed by atoms with Crippen LogP contribution in [0.1, 0.15) is 52.8 Å². The molecule has 37 heavy (non-hydrogen) atoms. The number of nitrogens with one attached hydrogen (secondary N) is 1. The third-order valence-corrected chi connectivity index (χ3v) is 7.72. The Hall–Kier alpha value is -3.03. The summed E-state index contributed by atoms with van der Waals surface area (Å²) in [5, 5.41) is 0.121. The van der Waals surface area contributed by atoms with E-state index in [4.69, 9.17) is 9.47 Å². The number of carbonyl (C=O) groups is 1. The molecule has 1 aliphatic heterocycles. The Labute approximate surface area is 222 Å². The first kappa shape index (κ1) is 27.0. The summed E-state index contributed by atoms with van der Waals surface area (Å²) >= 11 is 1.38. The smallest absolute Gasteiger partial charge is 0.231 e. The van der Waals surface area contributed by atoms with Crippen LogP contribution in [0.5, 0.6) is 11.5 Å². The maximum atomic E-state index is 11.7. The lowest BCUT2D eigenvalue weighted by Crippen LogP contribution is -2.06.